The van der Waals surface area contributed by atoms with E-state index in [1.807, 2.05) is 66.9 Å². The van der Waals surface area contributed by atoms with Gasteiger partial charge >= 0.3 is 0 Å². The van der Waals surface area contributed by atoms with E-state index in [0.29, 0.717) is 48.6 Å². The van der Waals surface area contributed by atoms with Crippen molar-refractivity contribution >= 4 is 22.7 Å². The van der Waals surface area contributed by atoms with Crippen LogP contribution < -0.4 is 14.8 Å². The first-order valence-corrected chi connectivity index (χ1v) is 11.0. The van der Waals surface area contributed by atoms with Gasteiger partial charge in [-0.1, -0.05) is 6.07 Å². The highest BCUT2D eigenvalue weighted by Crippen LogP contribution is 2.36. The number of piperidine rings is 1. The maximum absolute atomic E-state index is 13.1. The van der Waals surface area contributed by atoms with Crippen molar-refractivity contribution in [1.29, 1.82) is 0 Å². The van der Waals surface area contributed by atoms with Gasteiger partial charge in [-0.05, 0) is 55.6 Å². The van der Waals surface area contributed by atoms with Gasteiger partial charge in [0, 0.05) is 50.3 Å². The van der Waals surface area contributed by atoms with E-state index in [0.717, 1.165) is 10.9 Å². The molecule has 2 amide bonds. The number of nitrogens with one attached hydrogen (secondary N) is 1. The Kier molecular flexibility index (Phi) is 4.84. The number of likely N-dealkylation sites (tertiary alicyclic amines) is 1. The van der Waals surface area contributed by atoms with Crippen molar-refractivity contribution in [3.05, 3.63) is 59.8 Å². The van der Waals surface area contributed by atoms with Gasteiger partial charge in [0.25, 0.3) is 11.8 Å². The molecule has 7 nitrogen and oxygen atoms in total. The molecule has 0 aliphatic carbocycles. The van der Waals surface area contributed by atoms with E-state index in [2.05, 4.69) is 5.32 Å². The molecule has 0 bridgehead atoms. The number of carbonyl (C=O) groups is 2. The highest BCUT2D eigenvalue weighted by Gasteiger charge is 2.43. The molecule has 0 unspecified atom stereocenters. The molecule has 0 atom stereocenters. The van der Waals surface area contributed by atoms with Crippen molar-refractivity contribution in [2.45, 2.75) is 38.5 Å². The summed E-state index contributed by atoms with van der Waals surface area (Å²) in [6.45, 7) is 4.90. The van der Waals surface area contributed by atoms with Crippen molar-refractivity contribution in [3.63, 3.8) is 0 Å². The Morgan fingerprint density at radius 3 is 2.66 bits per heavy atom. The number of benzene rings is 2. The first-order chi connectivity index (χ1) is 15.3. The molecule has 7 heteroatoms. The molecule has 0 saturated carbocycles. The summed E-state index contributed by atoms with van der Waals surface area (Å²) in [5, 5.41) is 4.15. The van der Waals surface area contributed by atoms with Gasteiger partial charge in [0.1, 0.15) is 11.5 Å². The van der Waals surface area contributed by atoms with E-state index < -0.39 is 5.72 Å². The zero-order valence-corrected chi connectivity index (χ0v) is 18.6. The number of fused-ring (bicyclic) bond motifs is 2. The summed E-state index contributed by atoms with van der Waals surface area (Å²) >= 11 is 0. The number of aryl methyl sites for hydroxylation is 1. The molecule has 166 valence electrons. The van der Waals surface area contributed by atoms with Crippen LogP contribution in [-0.2, 0) is 7.05 Å². The van der Waals surface area contributed by atoms with Crippen LogP contribution in [0, 0.1) is 0 Å². The Morgan fingerprint density at radius 2 is 1.91 bits per heavy atom. The second-order valence-corrected chi connectivity index (χ2v) is 8.87. The summed E-state index contributed by atoms with van der Waals surface area (Å²) in [5.41, 5.74) is 1.39. The second-order valence-electron chi connectivity index (χ2n) is 8.87. The lowest BCUT2D eigenvalue weighted by Gasteiger charge is -2.44. The largest absolute Gasteiger partial charge is 0.491 e. The number of aromatic nitrogens is 1. The molecule has 1 aromatic heterocycles. The third-order valence-corrected chi connectivity index (χ3v) is 6.21. The van der Waals surface area contributed by atoms with Gasteiger partial charge in [-0.3, -0.25) is 9.59 Å². The molecule has 1 saturated heterocycles. The van der Waals surface area contributed by atoms with Crippen molar-refractivity contribution < 1.29 is 19.1 Å². The Balaban J connectivity index is 1.30. The Hall–Kier alpha value is -3.48. The summed E-state index contributed by atoms with van der Waals surface area (Å²) in [4.78, 5) is 27.8. The summed E-state index contributed by atoms with van der Waals surface area (Å²) in [5.74, 6) is 1.03. The summed E-state index contributed by atoms with van der Waals surface area (Å²) < 4.78 is 14.0. The number of carbonyl (C=O) groups excluding carboxylic acids is 2. The topological polar surface area (TPSA) is 72.8 Å². The van der Waals surface area contributed by atoms with Crippen molar-refractivity contribution in [2.24, 2.45) is 7.05 Å². The molecule has 2 aromatic carbocycles. The van der Waals surface area contributed by atoms with Crippen LogP contribution in [0.15, 0.2) is 48.7 Å². The minimum absolute atomic E-state index is 0.000891. The van der Waals surface area contributed by atoms with Crippen LogP contribution in [-0.4, -0.2) is 46.2 Å². The van der Waals surface area contributed by atoms with E-state index in [1.165, 1.54) is 0 Å². The smallest absolute Gasteiger partial charge is 0.258 e. The number of hydrogen-bond donors (Lipinski definition) is 1. The van der Waals surface area contributed by atoms with Crippen LogP contribution in [0.1, 0.15) is 47.4 Å². The molecule has 32 heavy (non-hydrogen) atoms. The van der Waals surface area contributed by atoms with E-state index in [1.54, 1.807) is 12.1 Å². The fraction of sp³-hybridized carbons (Fsp3) is 0.360. The van der Waals surface area contributed by atoms with E-state index in [-0.39, 0.29) is 17.9 Å². The minimum Gasteiger partial charge on any atom is -0.491 e. The second kappa shape index (κ2) is 7.58. The van der Waals surface area contributed by atoms with Crippen LogP contribution in [0.3, 0.4) is 0 Å². The zero-order valence-electron chi connectivity index (χ0n) is 18.6. The number of hydrogen-bond acceptors (Lipinski definition) is 4. The van der Waals surface area contributed by atoms with Gasteiger partial charge in [0.15, 0.2) is 5.72 Å². The average molecular weight is 434 g/mol. The molecule has 1 spiro atoms. The van der Waals surface area contributed by atoms with E-state index in [9.17, 15) is 9.59 Å². The molecular formula is C25H27N3O4. The lowest BCUT2D eigenvalue weighted by atomic mass is 9.96. The monoisotopic (exact) mass is 433 g/mol. The summed E-state index contributed by atoms with van der Waals surface area (Å²) in [6, 6.07) is 13.2. The van der Waals surface area contributed by atoms with Gasteiger partial charge in [-0.25, -0.2) is 0 Å². The Bertz CT molecular complexity index is 1210. The lowest BCUT2D eigenvalue weighted by Crippen LogP contribution is -2.61. The maximum atomic E-state index is 13.1. The fourth-order valence-electron chi connectivity index (χ4n) is 4.51. The number of amides is 2. The zero-order chi connectivity index (χ0) is 22.5. The molecule has 0 radical (unpaired) electrons. The SMILES string of the molecule is CC(C)Oc1ccc2c(c1)C(=O)NC1(CCN(C(=O)c3ccc4ccn(C)c4c3)CC1)O2. The molecule has 1 N–H and O–H groups in total. The van der Waals surface area contributed by atoms with E-state index in [4.69, 9.17) is 9.47 Å². The summed E-state index contributed by atoms with van der Waals surface area (Å²) in [7, 11) is 1.97. The molecule has 2 aliphatic rings. The first-order valence-electron chi connectivity index (χ1n) is 11.0. The molecule has 3 aromatic rings. The van der Waals surface area contributed by atoms with Crippen molar-refractivity contribution in [2.75, 3.05) is 13.1 Å². The van der Waals surface area contributed by atoms with Gasteiger partial charge in [0.2, 0.25) is 0 Å². The van der Waals surface area contributed by atoms with Gasteiger partial charge in [0.05, 0.1) is 11.7 Å². The average Bonchev–Trinajstić information content (AvgIpc) is 3.14. The fourth-order valence-corrected chi connectivity index (χ4v) is 4.51. The standard InChI is InChI=1S/C25H27N3O4/c1-16(2)31-19-6-7-22-20(15-19)23(29)26-25(32-22)9-12-28(13-10-25)24(30)18-5-4-17-8-11-27(3)21(17)14-18/h4-8,11,14-16H,9-10,12-13H2,1-3H3,(H,26,29). The van der Waals surface area contributed by atoms with Crippen LogP contribution >= 0.6 is 0 Å². The quantitative estimate of drug-likeness (QED) is 0.683. The third kappa shape index (κ3) is 3.57. The van der Waals surface area contributed by atoms with Gasteiger partial charge in [-0.2, -0.15) is 0 Å². The molecule has 5 rings (SSSR count). The molecule has 3 heterocycles. The van der Waals surface area contributed by atoms with E-state index >= 15 is 0 Å². The molecule has 1 fully saturated rings. The van der Waals surface area contributed by atoms with Crippen LogP contribution in [0.4, 0.5) is 0 Å². The normalized spacial score (nSPS) is 17.2. The van der Waals surface area contributed by atoms with Crippen molar-refractivity contribution in [1.82, 2.24) is 14.8 Å². The van der Waals surface area contributed by atoms with Crippen LogP contribution in [0.5, 0.6) is 11.5 Å². The highest BCUT2D eigenvalue weighted by atomic mass is 16.5. The maximum Gasteiger partial charge on any atom is 0.258 e. The molecular weight excluding hydrogens is 406 g/mol. The lowest BCUT2D eigenvalue weighted by molar-refractivity contribution is -0.0246. The van der Waals surface area contributed by atoms with Crippen molar-refractivity contribution in [3.8, 4) is 11.5 Å². The third-order valence-electron chi connectivity index (χ3n) is 6.21. The number of nitrogens with zero attached hydrogens (tertiary/aromatic N) is 2. The van der Waals surface area contributed by atoms with Gasteiger partial charge in [-0.15, -0.1) is 0 Å². The predicted octanol–water partition coefficient (Wildman–Crippen LogP) is 3.72. The Morgan fingerprint density at radius 1 is 1.12 bits per heavy atom. The molecule has 2 aliphatic heterocycles. The highest BCUT2D eigenvalue weighted by molar-refractivity contribution is 5.99. The Labute approximate surface area is 186 Å². The number of rotatable bonds is 3. The van der Waals surface area contributed by atoms with Crippen LogP contribution in [0.25, 0.3) is 10.9 Å². The first kappa shape index (κ1) is 20.4. The van der Waals surface area contributed by atoms with Crippen LogP contribution in [0.2, 0.25) is 0 Å². The summed E-state index contributed by atoms with van der Waals surface area (Å²) in [6.07, 6.45) is 3.07. The minimum atomic E-state index is -0.788. The predicted molar refractivity (Wildman–Crippen MR) is 121 cm³/mol. The van der Waals surface area contributed by atoms with Gasteiger partial charge < -0.3 is 24.3 Å². The number of ether oxygens (including phenoxy) is 2.